The van der Waals surface area contributed by atoms with Gasteiger partial charge in [0.05, 0.1) is 6.61 Å². The van der Waals surface area contributed by atoms with Gasteiger partial charge in [0.15, 0.2) is 0 Å². The van der Waals surface area contributed by atoms with Crippen molar-refractivity contribution in [2.24, 2.45) is 10.8 Å². The van der Waals surface area contributed by atoms with E-state index in [1.165, 1.54) is 6.20 Å². The molecule has 3 aliphatic carbocycles. The van der Waals surface area contributed by atoms with E-state index in [9.17, 15) is 19.2 Å². The molecule has 1 aromatic heterocycles. The number of fused-ring (bicyclic) bond motifs is 3. The molecule has 52 heavy (non-hydrogen) atoms. The molecule has 3 aromatic rings. The molecule has 2 atom stereocenters. The highest BCUT2D eigenvalue weighted by atomic mass is 16.6. The summed E-state index contributed by atoms with van der Waals surface area (Å²) in [5.41, 5.74) is 1.38. The van der Waals surface area contributed by atoms with E-state index in [-0.39, 0.29) is 41.4 Å². The molecule has 1 heterocycles. The number of nitrogens with one attached hydrogen (secondary N) is 4. The normalized spacial score (nSPS) is 20.5. The van der Waals surface area contributed by atoms with E-state index in [0.717, 1.165) is 49.7 Å². The van der Waals surface area contributed by atoms with Crippen LogP contribution in [0.5, 0.6) is 5.75 Å². The number of rotatable bonds is 15. The molecule has 2 bridgehead atoms. The first-order valence-corrected chi connectivity index (χ1v) is 18.4. The second kappa shape index (κ2) is 17.1. The fourth-order valence-corrected chi connectivity index (χ4v) is 7.24. The predicted molar refractivity (Wildman–Crippen MR) is 199 cm³/mol. The number of pyridine rings is 1. The lowest BCUT2D eigenvalue weighted by atomic mass is 9.53. The Morgan fingerprint density at radius 2 is 1.27 bits per heavy atom. The van der Waals surface area contributed by atoms with Crippen molar-refractivity contribution in [2.45, 2.75) is 96.7 Å². The molecular formula is C41H53N5O6. The van der Waals surface area contributed by atoms with Gasteiger partial charge in [-0.3, -0.25) is 19.4 Å². The van der Waals surface area contributed by atoms with Crippen LogP contribution in [0.3, 0.4) is 0 Å². The zero-order valence-corrected chi connectivity index (χ0v) is 30.8. The van der Waals surface area contributed by atoms with Gasteiger partial charge in [-0.15, -0.1) is 0 Å². The number of aromatic nitrogens is 1. The van der Waals surface area contributed by atoms with Gasteiger partial charge in [-0.25, -0.2) is 4.79 Å². The molecule has 0 spiro atoms. The van der Waals surface area contributed by atoms with E-state index >= 15 is 0 Å². The average Bonchev–Trinajstić information content (AvgIpc) is 3.14. The average molecular weight is 712 g/mol. The van der Waals surface area contributed by atoms with Crippen molar-refractivity contribution < 1.29 is 28.7 Å². The maximum absolute atomic E-state index is 14.1. The van der Waals surface area contributed by atoms with Crippen LogP contribution in [0.15, 0.2) is 79.0 Å². The topological polar surface area (TPSA) is 148 Å². The van der Waals surface area contributed by atoms with Crippen LogP contribution in [-0.2, 0) is 27.2 Å². The van der Waals surface area contributed by atoms with Gasteiger partial charge in [0, 0.05) is 32.1 Å². The number of hydrogen-bond donors (Lipinski definition) is 4. The largest absolute Gasteiger partial charge is 0.494 e. The molecule has 11 nitrogen and oxygen atoms in total. The van der Waals surface area contributed by atoms with Crippen LogP contribution < -0.4 is 26.0 Å². The molecule has 4 N–H and O–H groups in total. The third-order valence-electron chi connectivity index (χ3n) is 10.3. The maximum Gasteiger partial charge on any atom is 0.407 e. The summed E-state index contributed by atoms with van der Waals surface area (Å²) < 4.78 is 11.0. The molecule has 3 fully saturated rings. The molecule has 3 aliphatic rings. The summed E-state index contributed by atoms with van der Waals surface area (Å²) >= 11 is 0. The summed E-state index contributed by atoms with van der Waals surface area (Å²) in [6.07, 6.45) is 7.36. The first-order valence-electron chi connectivity index (χ1n) is 18.4. The third-order valence-corrected chi connectivity index (χ3v) is 10.3. The van der Waals surface area contributed by atoms with Gasteiger partial charge < -0.3 is 30.7 Å². The second-order valence-electron chi connectivity index (χ2n) is 15.3. The number of carbonyl (C=O) groups is 4. The van der Waals surface area contributed by atoms with Crippen LogP contribution >= 0.6 is 0 Å². The van der Waals surface area contributed by atoms with Crippen molar-refractivity contribution >= 4 is 23.8 Å². The van der Waals surface area contributed by atoms with E-state index < -0.39 is 29.5 Å². The second-order valence-corrected chi connectivity index (χ2v) is 15.3. The van der Waals surface area contributed by atoms with Crippen LogP contribution in [-0.4, -0.2) is 66.2 Å². The van der Waals surface area contributed by atoms with Crippen molar-refractivity contribution in [1.82, 2.24) is 26.3 Å². The van der Waals surface area contributed by atoms with Crippen LogP contribution in [0.25, 0.3) is 0 Å². The molecule has 2 aromatic carbocycles. The summed E-state index contributed by atoms with van der Waals surface area (Å²) in [6, 6.07) is 20.1. The van der Waals surface area contributed by atoms with Gasteiger partial charge >= 0.3 is 6.09 Å². The Hall–Kier alpha value is -4.93. The number of ether oxygens (including phenoxy) is 2. The van der Waals surface area contributed by atoms with Crippen LogP contribution in [0.1, 0.15) is 87.8 Å². The summed E-state index contributed by atoms with van der Waals surface area (Å²) in [5.74, 6) is -0.508. The molecule has 0 aliphatic heterocycles. The minimum absolute atomic E-state index is 0.0303. The van der Waals surface area contributed by atoms with E-state index in [0.29, 0.717) is 25.4 Å². The van der Waals surface area contributed by atoms with Crippen molar-refractivity contribution in [3.05, 3.63) is 95.8 Å². The quantitative estimate of drug-likeness (QED) is 0.162. The lowest BCUT2D eigenvalue weighted by molar-refractivity contribution is -0.130. The Labute approximate surface area is 307 Å². The molecule has 3 saturated carbocycles. The molecule has 0 unspecified atom stereocenters. The Morgan fingerprint density at radius 1 is 0.712 bits per heavy atom. The third kappa shape index (κ3) is 10.8. The van der Waals surface area contributed by atoms with Gasteiger partial charge in [0.25, 0.3) is 5.91 Å². The fraction of sp³-hybridized carbons (Fsp3) is 0.488. The zero-order chi connectivity index (χ0) is 37.2. The molecule has 278 valence electrons. The zero-order valence-electron chi connectivity index (χ0n) is 30.8. The van der Waals surface area contributed by atoms with E-state index in [1.54, 1.807) is 18.2 Å². The monoisotopic (exact) mass is 711 g/mol. The lowest BCUT2D eigenvalue weighted by Gasteiger charge is -2.53. The Morgan fingerprint density at radius 3 is 1.83 bits per heavy atom. The lowest BCUT2D eigenvalue weighted by Crippen LogP contribution is -2.57. The highest BCUT2D eigenvalue weighted by Gasteiger charge is 2.48. The van der Waals surface area contributed by atoms with Crippen LogP contribution in [0, 0.1) is 10.8 Å². The van der Waals surface area contributed by atoms with Crippen LogP contribution in [0.2, 0.25) is 0 Å². The predicted octanol–water partition coefficient (Wildman–Crippen LogP) is 5.53. The fourth-order valence-electron chi connectivity index (χ4n) is 7.24. The van der Waals surface area contributed by atoms with Gasteiger partial charge in [0.2, 0.25) is 11.8 Å². The first-order chi connectivity index (χ1) is 24.9. The molecule has 6 rings (SSSR count). The van der Waals surface area contributed by atoms with Crippen molar-refractivity contribution in [3.8, 4) is 5.75 Å². The minimum Gasteiger partial charge on any atom is -0.494 e. The van der Waals surface area contributed by atoms with Gasteiger partial charge in [-0.05, 0) is 112 Å². The Bertz CT molecular complexity index is 1630. The molecule has 0 radical (unpaired) electrons. The highest BCUT2D eigenvalue weighted by Crippen LogP contribution is 2.56. The number of alkyl carbamates (subject to hydrolysis) is 1. The Kier molecular flexibility index (Phi) is 12.6. The Balaban J connectivity index is 1.25. The minimum atomic E-state index is -0.976. The van der Waals surface area contributed by atoms with Crippen molar-refractivity contribution in [3.63, 3.8) is 0 Å². The van der Waals surface area contributed by atoms with Gasteiger partial charge in [-0.2, -0.15) is 0 Å². The first kappa shape index (κ1) is 38.3. The molecule has 0 saturated heterocycles. The smallest absolute Gasteiger partial charge is 0.407 e. The van der Waals surface area contributed by atoms with Gasteiger partial charge in [0.1, 0.15) is 29.1 Å². The molecular weight excluding hydrogens is 658 g/mol. The summed E-state index contributed by atoms with van der Waals surface area (Å²) in [5, 5.41) is 12.0. The molecule has 4 amide bonds. The van der Waals surface area contributed by atoms with Crippen LogP contribution in [0.4, 0.5) is 4.79 Å². The summed E-state index contributed by atoms with van der Waals surface area (Å²) in [6.45, 7) is 9.10. The maximum atomic E-state index is 14.1. The van der Waals surface area contributed by atoms with Gasteiger partial charge in [-0.1, -0.05) is 48.5 Å². The van der Waals surface area contributed by atoms with Crippen molar-refractivity contribution in [1.29, 1.82) is 0 Å². The number of carbonyl (C=O) groups excluding carboxylic acids is 4. The number of nitrogens with zero attached hydrogens (tertiary/aromatic N) is 1. The highest BCUT2D eigenvalue weighted by molar-refractivity contribution is 5.97. The summed E-state index contributed by atoms with van der Waals surface area (Å²) in [7, 11) is 0. The van der Waals surface area contributed by atoms with E-state index in [4.69, 9.17) is 9.47 Å². The summed E-state index contributed by atoms with van der Waals surface area (Å²) in [4.78, 5) is 57.7. The molecule has 11 heteroatoms. The number of amides is 4. The SMILES string of the molecule is CCOc1ccc(C[C@@H](NC(=O)c2ccccn2)C(=O)N[C@@H](Cc2ccccc2)C(=O)NCC23CCC(CNC(=O)OC(C)(C)C)(CC2)CC3)cc1. The number of hydrogen-bond acceptors (Lipinski definition) is 7. The number of benzene rings is 2. The van der Waals surface area contributed by atoms with E-state index in [1.807, 2.05) is 82.3 Å². The standard InChI is InChI=1S/C41H53N5O6/c1-5-51-31-16-14-30(15-17-31)26-34(46-36(48)32-13-9-10-24-42-32)37(49)45-33(25-29-11-7-6-8-12-29)35(47)43-27-40-18-21-41(22-19-40,23-20-40)28-44-38(50)52-39(2,3)4/h6-17,24,33-34H,5,18-23,25-28H2,1-4H3,(H,43,47)(H,44,50)(H,45,49)(H,46,48)/t33-,34+,40?,41?/m0/s1. The van der Waals surface area contributed by atoms with E-state index in [2.05, 4.69) is 26.3 Å². The van der Waals surface area contributed by atoms with Crippen molar-refractivity contribution in [2.75, 3.05) is 19.7 Å².